The predicted molar refractivity (Wildman–Crippen MR) is 75.0 cm³/mol. The number of allylic oxidation sites excluding steroid dienone is 2. The molecule has 0 radical (unpaired) electrons. The van der Waals surface area contributed by atoms with Crippen molar-refractivity contribution in [2.24, 2.45) is 11.7 Å². The molecule has 0 bridgehead atoms. The van der Waals surface area contributed by atoms with E-state index in [1.165, 1.54) is 0 Å². The van der Waals surface area contributed by atoms with Gasteiger partial charge < -0.3 is 20.5 Å². The molecule has 1 aliphatic carbocycles. The number of nitrogens with one attached hydrogen (secondary N) is 1. The molecule has 0 aromatic rings. The molecule has 2 atom stereocenters. The maximum absolute atomic E-state index is 13.0. The van der Waals surface area contributed by atoms with E-state index >= 15 is 0 Å². The fourth-order valence-corrected chi connectivity index (χ4v) is 2.27. The predicted octanol–water partition coefficient (Wildman–Crippen LogP) is 1.62. The molecular weight excluding hydrogens is 355 g/mol. The second-order valence-corrected chi connectivity index (χ2v) is 5.14. The second kappa shape index (κ2) is 8.79. The van der Waals surface area contributed by atoms with E-state index in [0.29, 0.717) is 6.08 Å². The molecule has 1 unspecified atom stereocenters. The Hall–Kier alpha value is -2.17. The number of nitrogens with two attached hydrogens (primary N) is 1. The van der Waals surface area contributed by atoms with Crippen LogP contribution in [-0.4, -0.2) is 44.4 Å². The number of methoxy groups -OCH3 is 1. The number of halogens is 5. The SMILES string of the molecule is COC(=O)C[C@H](NC(=O)CN)C1C=C(OC(F)F)C=C(C(F)(F)F)C1. The molecule has 0 saturated heterocycles. The maximum Gasteiger partial charge on any atom is 0.412 e. The molecule has 0 aromatic heterocycles. The molecule has 0 fully saturated rings. The maximum atomic E-state index is 13.0. The number of alkyl halides is 5. The molecule has 0 spiro atoms. The monoisotopic (exact) mass is 372 g/mol. The van der Waals surface area contributed by atoms with Crippen LogP contribution < -0.4 is 11.1 Å². The van der Waals surface area contributed by atoms with E-state index in [2.05, 4.69) is 14.8 Å². The Balaban J connectivity index is 3.13. The van der Waals surface area contributed by atoms with Gasteiger partial charge in [-0.05, 0) is 18.6 Å². The van der Waals surface area contributed by atoms with E-state index in [1.54, 1.807) is 0 Å². The first-order valence-electron chi connectivity index (χ1n) is 7.07. The van der Waals surface area contributed by atoms with Crippen LogP contribution in [0.1, 0.15) is 12.8 Å². The molecular formula is C14H17F5N2O4. The van der Waals surface area contributed by atoms with Crippen molar-refractivity contribution in [3.63, 3.8) is 0 Å². The lowest BCUT2D eigenvalue weighted by molar-refractivity contribution is -0.141. The van der Waals surface area contributed by atoms with Crippen LogP contribution in [0.4, 0.5) is 22.0 Å². The number of hydrogen-bond donors (Lipinski definition) is 2. The summed E-state index contributed by atoms with van der Waals surface area (Å²) in [6, 6.07) is -1.13. The highest BCUT2D eigenvalue weighted by Gasteiger charge is 2.39. The van der Waals surface area contributed by atoms with Crippen molar-refractivity contribution in [1.82, 2.24) is 5.32 Å². The van der Waals surface area contributed by atoms with Crippen LogP contribution in [0, 0.1) is 5.92 Å². The van der Waals surface area contributed by atoms with E-state index in [-0.39, 0.29) is 0 Å². The molecule has 142 valence electrons. The number of hydrogen-bond acceptors (Lipinski definition) is 5. The zero-order chi connectivity index (χ0) is 19.2. The van der Waals surface area contributed by atoms with Crippen molar-refractivity contribution in [3.8, 4) is 0 Å². The van der Waals surface area contributed by atoms with Gasteiger partial charge in [-0.1, -0.05) is 0 Å². The topological polar surface area (TPSA) is 90.7 Å². The average molecular weight is 372 g/mol. The van der Waals surface area contributed by atoms with Crippen LogP contribution in [0.15, 0.2) is 23.5 Å². The van der Waals surface area contributed by atoms with Crippen molar-refractivity contribution >= 4 is 11.9 Å². The van der Waals surface area contributed by atoms with Crippen LogP contribution in [-0.2, 0) is 19.1 Å². The van der Waals surface area contributed by atoms with Crippen molar-refractivity contribution < 1.29 is 41.0 Å². The summed E-state index contributed by atoms with van der Waals surface area (Å²) in [4.78, 5) is 22.9. The molecule has 11 heteroatoms. The summed E-state index contributed by atoms with van der Waals surface area (Å²) in [5.41, 5.74) is 4.03. The highest BCUT2D eigenvalue weighted by Crippen LogP contribution is 2.37. The largest absolute Gasteiger partial charge is 0.469 e. The van der Waals surface area contributed by atoms with Crippen molar-refractivity contribution in [1.29, 1.82) is 0 Å². The Morgan fingerprint density at radius 1 is 1.40 bits per heavy atom. The van der Waals surface area contributed by atoms with E-state index in [1.807, 2.05) is 0 Å². The lowest BCUT2D eigenvalue weighted by Gasteiger charge is -2.29. The third-order valence-corrected chi connectivity index (χ3v) is 3.40. The lowest BCUT2D eigenvalue weighted by Crippen LogP contribution is -2.45. The van der Waals surface area contributed by atoms with E-state index in [4.69, 9.17) is 5.73 Å². The number of ether oxygens (including phenoxy) is 2. The highest BCUT2D eigenvalue weighted by molar-refractivity contribution is 5.79. The average Bonchev–Trinajstić information content (AvgIpc) is 2.52. The van der Waals surface area contributed by atoms with Crippen LogP contribution in [0.25, 0.3) is 0 Å². The van der Waals surface area contributed by atoms with Gasteiger partial charge in [0.05, 0.1) is 20.1 Å². The zero-order valence-electron chi connectivity index (χ0n) is 13.1. The molecule has 1 amide bonds. The Bertz CT molecular complexity index is 542. The summed E-state index contributed by atoms with van der Waals surface area (Å²) in [6.45, 7) is -3.79. The molecule has 25 heavy (non-hydrogen) atoms. The third kappa shape index (κ3) is 6.69. The minimum Gasteiger partial charge on any atom is -0.469 e. The third-order valence-electron chi connectivity index (χ3n) is 3.40. The molecule has 1 aliphatic rings. The van der Waals surface area contributed by atoms with Gasteiger partial charge in [-0.2, -0.15) is 22.0 Å². The van der Waals surface area contributed by atoms with Gasteiger partial charge in [0.15, 0.2) is 0 Å². The number of amides is 1. The lowest BCUT2D eigenvalue weighted by atomic mass is 9.85. The fraction of sp³-hybridized carbons (Fsp3) is 0.571. The van der Waals surface area contributed by atoms with E-state index in [0.717, 1.165) is 13.2 Å². The summed E-state index contributed by atoms with van der Waals surface area (Å²) < 4.78 is 72.3. The molecule has 0 heterocycles. The first kappa shape index (κ1) is 20.9. The molecule has 3 N–H and O–H groups in total. The number of esters is 1. The van der Waals surface area contributed by atoms with E-state index < -0.39 is 67.3 Å². The van der Waals surface area contributed by atoms with Gasteiger partial charge in [-0.15, -0.1) is 0 Å². The molecule has 6 nitrogen and oxygen atoms in total. The van der Waals surface area contributed by atoms with Gasteiger partial charge in [-0.3, -0.25) is 9.59 Å². The highest BCUT2D eigenvalue weighted by atomic mass is 19.4. The van der Waals surface area contributed by atoms with Gasteiger partial charge in [0.2, 0.25) is 5.91 Å². The quantitative estimate of drug-likeness (QED) is 0.524. The number of carbonyl (C=O) groups is 2. The first-order chi connectivity index (χ1) is 11.6. The first-order valence-corrected chi connectivity index (χ1v) is 7.07. The summed E-state index contributed by atoms with van der Waals surface area (Å²) in [5, 5.41) is 2.30. The standard InChI is InChI=1S/C14H17F5N2O4/c1-24-12(23)5-10(21-11(22)6-20)7-2-8(14(17,18)19)4-9(3-7)25-13(15)16/h3-4,7,10,13H,2,5-6,20H2,1H3,(H,21,22)/t7?,10-/m0/s1. The Labute approximate surface area is 139 Å². The summed E-state index contributed by atoms with van der Waals surface area (Å²) in [6.07, 6.45) is -4.41. The van der Waals surface area contributed by atoms with Crippen molar-refractivity contribution in [2.75, 3.05) is 13.7 Å². The molecule has 0 aliphatic heterocycles. The molecule has 0 saturated carbocycles. The Morgan fingerprint density at radius 2 is 2.04 bits per heavy atom. The van der Waals surface area contributed by atoms with Gasteiger partial charge >= 0.3 is 18.8 Å². The summed E-state index contributed by atoms with van der Waals surface area (Å²) in [5.74, 6) is -3.34. The van der Waals surface area contributed by atoms with Crippen LogP contribution >= 0.6 is 0 Å². The second-order valence-electron chi connectivity index (χ2n) is 5.14. The van der Waals surface area contributed by atoms with Gasteiger partial charge in [-0.25, -0.2) is 0 Å². The number of carbonyl (C=O) groups excluding carboxylic acids is 2. The Kier molecular flexibility index (Phi) is 7.34. The van der Waals surface area contributed by atoms with Gasteiger partial charge in [0.1, 0.15) is 5.76 Å². The Morgan fingerprint density at radius 3 is 2.52 bits per heavy atom. The van der Waals surface area contributed by atoms with Crippen LogP contribution in [0.5, 0.6) is 0 Å². The van der Waals surface area contributed by atoms with Crippen molar-refractivity contribution in [3.05, 3.63) is 23.5 Å². The minimum atomic E-state index is -4.78. The zero-order valence-corrected chi connectivity index (χ0v) is 13.1. The van der Waals surface area contributed by atoms with Gasteiger partial charge in [0.25, 0.3) is 0 Å². The van der Waals surface area contributed by atoms with Crippen LogP contribution in [0.3, 0.4) is 0 Å². The van der Waals surface area contributed by atoms with Crippen molar-refractivity contribution in [2.45, 2.75) is 31.7 Å². The van der Waals surface area contributed by atoms with E-state index in [9.17, 15) is 31.5 Å². The normalized spacial score (nSPS) is 19.0. The summed E-state index contributed by atoms with van der Waals surface area (Å²) >= 11 is 0. The minimum absolute atomic E-state index is 0.461. The number of rotatable bonds is 7. The smallest absolute Gasteiger partial charge is 0.412 e. The van der Waals surface area contributed by atoms with Gasteiger partial charge in [0, 0.05) is 17.5 Å². The van der Waals surface area contributed by atoms with Crippen LogP contribution in [0.2, 0.25) is 0 Å². The fourth-order valence-electron chi connectivity index (χ4n) is 2.27. The molecule has 0 aromatic carbocycles. The summed E-state index contributed by atoms with van der Waals surface area (Å²) in [7, 11) is 1.06. The molecule has 1 rings (SSSR count).